The lowest BCUT2D eigenvalue weighted by atomic mass is 10.1. The zero-order chi connectivity index (χ0) is 12.4. The van der Waals surface area contributed by atoms with Gasteiger partial charge in [0.05, 0.1) is 12.6 Å². The molecule has 1 unspecified atom stereocenters. The Morgan fingerprint density at radius 2 is 2.26 bits per heavy atom. The number of halogens is 1. The summed E-state index contributed by atoms with van der Waals surface area (Å²) < 4.78 is 5.37. The van der Waals surface area contributed by atoms with Gasteiger partial charge in [0.15, 0.2) is 0 Å². The number of rotatable bonds is 3. The Hall–Kier alpha value is -1.52. The van der Waals surface area contributed by atoms with E-state index in [0.29, 0.717) is 6.04 Å². The first-order chi connectivity index (χ1) is 8.86. The molecule has 102 valence electrons. The fourth-order valence-electron chi connectivity index (χ4n) is 2.40. The van der Waals surface area contributed by atoms with Crippen LogP contribution in [0.25, 0.3) is 10.9 Å². The topological polar surface area (TPSA) is 46.2 Å². The first kappa shape index (κ1) is 13.9. The van der Waals surface area contributed by atoms with Gasteiger partial charge in [-0.3, -0.25) is 4.98 Å². The molecule has 1 fully saturated rings. The Morgan fingerprint density at radius 3 is 3.00 bits per heavy atom. The van der Waals surface area contributed by atoms with Gasteiger partial charge in [0.25, 0.3) is 0 Å². The summed E-state index contributed by atoms with van der Waals surface area (Å²) in [6.07, 6.45) is 2.94. The maximum absolute atomic E-state index is 5.37. The molecular formula is C14H18ClN3O. The lowest BCUT2D eigenvalue weighted by Gasteiger charge is -2.14. The molecule has 1 saturated heterocycles. The van der Waals surface area contributed by atoms with Gasteiger partial charge in [0.1, 0.15) is 5.75 Å². The highest BCUT2D eigenvalue weighted by Crippen LogP contribution is 2.26. The Labute approximate surface area is 119 Å². The molecule has 19 heavy (non-hydrogen) atoms. The second-order valence-corrected chi connectivity index (χ2v) is 4.58. The van der Waals surface area contributed by atoms with Gasteiger partial charge >= 0.3 is 0 Å². The number of benzene rings is 1. The molecule has 1 aliphatic heterocycles. The molecule has 2 aromatic rings. The smallest absolute Gasteiger partial charge is 0.129 e. The van der Waals surface area contributed by atoms with Crippen molar-refractivity contribution in [2.75, 3.05) is 25.5 Å². The predicted molar refractivity (Wildman–Crippen MR) is 80.4 cm³/mol. The van der Waals surface area contributed by atoms with Crippen LogP contribution in [0.4, 0.5) is 5.69 Å². The Kier molecular flexibility index (Phi) is 4.45. The van der Waals surface area contributed by atoms with E-state index in [-0.39, 0.29) is 12.4 Å². The van der Waals surface area contributed by atoms with Gasteiger partial charge in [-0.05, 0) is 37.2 Å². The van der Waals surface area contributed by atoms with Crippen molar-refractivity contribution >= 4 is 29.0 Å². The molecule has 1 atom stereocenters. The van der Waals surface area contributed by atoms with Gasteiger partial charge in [-0.1, -0.05) is 0 Å². The third-order valence-electron chi connectivity index (χ3n) is 3.35. The van der Waals surface area contributed by atoms with Crippen molar-refractivity contribution in [1.82, 2.24) is 10.3 Å². The molecule has 2 N–H and O–H groups in total. The molecule has 1 aliphatic rings. The van der Waals surface area contributed by atoms with Crippen molar-refractivity contribution in [3.8, 4) is 5.75 Å². The number of fused-ring (bicyclic) bond motifs is 1. The summed E-state index contributed by atoms with van der Waals surface area (Å²) in [5.41, 5.74) is 2.09. The minimum atomic E-state index is 0. The summed E-state index contributed by atoms with van der Waals surface area (Å²) in [6.45, 7) is 2.12. The minimum Gasteiger partial charge on any atom is -0.496 e. The molecule has 2 heterocycles. The third-order valence-corrected chi connectivity index (χ3v) is 3.35. The molecule has 1 aromatic heterocycles. The van der Waals surface area contributed by atoms with E-state index < -0.39 is 0 Å². The number of pyridine rings is 1. The van der Waals surface area contributed by atoms with E-state index in [2.05, 4.69) is 27.8 Å². The first-order valence-corrected chi connectivity index (χ1v) is 6.27. The zero-order valence-electron chi connectivity index (χ0n) is 10.8. The zero-order valence-corrected chi connectivity index (χ0v) is 11.7. The van der Waals surface area contributed by atoms with E-state index in [9.17, 15) is 0 Å². The SMILES string of the molecule is COc1ccnc2ccc(NC3CCNC3)cc12.Cl. The Balaban J connectivity index is 0.00000133. The largest absolute Gasteiger partial charge is 0.496 e. The highest BCUT2D eigenvalue weighted by Gasteiger charge is 2.14. The summed E-state index contributed by atoms with van der Waals surface area (Å²) in [5.74, 6) is 0.869. The van der Waals surface area contributed by atoms with E-state index in [4.69, 9.17) is 4.74 Å². The second-order valence-electron chi connectivity index (χ2n) is 4.58. The molecule has 1 aromatic carbocycles. The minimum absolute atomic E-state index is 0. The summed E-state index contributed by atoms with van der Waals surface area (Å²) in [5, 5.41) is 7.94. The van der Waals surface area contributed by atoms with Gasteiger partial charge in [0.2, 0.25) is 0 Å². The lowest BCUT2D eigenvalue weighted by Crippen LogP contribution is -2.21. The van der Waals surface area contributed by atoms with Crippen LogP contribution in [0.3, 0.4) is 0 Å². The van der Waals surface area contributed by atoms with Crippen LogP contribution < -0.4 is 15.4 Å². The van der Waals surface area contributed by atoms with Crippen molar-refractivity contribution in [2.45, 2.75) is 12.5 Å². The molecular weight excluding hydrogens is 262 g/mol. The van der Waals surface area contributed by atoms with Crippen molar-refractivity contribution in [2.24, 2.45) is 0 Å². The van der Waals surface area contributed by atoms with Crippen LogP contribution in [0, 0.1) is 0 Å². The Bertz CT molecular complexity index is 555. The molecule has 0 aliphatic carbocycles. The van der Waals surface area contributed by atoms with Crippen molar-refractivity contribution in [3.63, 3.8) is 0 Å². The van der Waals surface area contributed by atoms with Crippen molar-refractivity contribution in [1.29, 1.82) is 0 Å². The number of nitrogens with one attached hydrogen (secondary N) is 2. The monoisotopic (exact) mass is 279 g/mol. The molecule has 4 nitrogen and oxygen atoms in total. The second kappa shape index (κ2) is 6.08. The summed E-state index contributed by atoms with van der Waals surface area (Å²) in [6, 6.07) is 8.63. The highest BCUT2D eigenvalue weighted by molar-refractivity contribution is 5.87. The maximum atomic E-state index is 5.37. The summed E-state index contributed by atoms with van der Waals surface area (Å²) in [7, 11) is 1.69. The quantitative estimate of drug-likeness (QED) is 0.906. The third kappa shape index (κ3) is 2.91. The fourth-order valence-corrected chi connectivity index (χ4v) is 2.40. The van der Waals surface area contributed by atoms with E-state index in [1.54, 1.807) is 13.3 Å². The van der Waals surface area contributed by atoms with E-state index in [0.717, 1.165) is 35.4 Å². The van der Waals surface area contributed by atoms with E-state index in [1.807, 2.05) is 12.1 Å². The van der Waals surface area contributed by atoms with Crippen molar-refractivity contribution in [3.05, 3.63) is 30.5 Å². The van der Waals surface area contributed by atoms with E-state index in [1.165, 1.54) is 6.42 Å². The van der Waals surface area contributed by atoms with Crippen LogP contribution in [-0.4, -0.2) is 31.2 Å². The maximum Gasteiger partial charge on any atom is 0.129 e. The Morgan fingerprint density at radius 1 is 1.37 bits per heavy atom. The predicted octanol–water partition coefficient (Wildman–Crippen LogP) is 2.44. The van der Waals surface area contributed by atoms with Gasteiger partial charge in [-0.2, -0.15) is 0 Å². The molecule has 0 saturated carbocycles. The van der Waals surface area contributed by atoms with Crippen LogP contribution in [0.1, 0.15) is 6.42 Å². The summed E-state index contributed by atoms with van der Waals surface area (Å²) >= 11 is 0. The average Bonchev–Trinajstić information content (AvgIpc) is 2.91. The summed E-state index contributed by atoms with van der Waals surface area (Å²) in [4.78, 5) is 4.34. The first-order valence-electron chi connectivity index (χ1n) is 6.27. The normalized spacial score (nSPS) is 18.1. The number of methoxy groups -OCH3 is 1. The van der Waals surface area contributed by atoms with Crippen LogP contribution in [-0.2, 0) is 0 Å². The van der Waals surface area contributed by atoms with Crippen LogP contribution in [0.2, 0.25) is 0 Å². The van der Waals surface area contributed by atoms with Gasteiger partial charge in [0, 0.05) is 29.9 Å². The van der Waals surface area contributed by atoms with Crippen LogP contribution in [0.5, 0.6) is 5.75 Å². The lowest BCUT2D eigenvalue weighted by molar-refractivity contribution is 0.419. The van der Waals surface area contributed by atoms with Gasteiger partial charge in [-0.25, -0.2) is 0 Å². The van der Waals surface area contributed by atoms with E-state index >= 15 is 0 Å². The number of aromatic nitrogens is 1. The highest BCUT2D eigenvalue weighted by atomic mass is 35.5. The van der Waals surface area contributed by atoms with Crippen LogP contribution in [0.15, 0.2) is 30.5 Å². The number of hydrogen-bond acceptors (Lipinski definition) is 4. The molecule has 3 rings (SSSR count). The molecule has 5 heteroatoms. The molecule has 0 amide bonds. The number of anilines is 1. The average molecular weight is 280 g/mol. The van der Waals surface area contributed by atoms with Gasteiger partial charge < -0.3 is 15.4 Å². The standard InChI is InChI=1S/C14H17N3O.ClH/c1-18-14-5-7-16-13-3-2-10(8-12(13)14)17-11-4-6-15-9-11;/h2-3,5,7-8,11,15,17H,4,6,9H2,1H3;1H. The van der Waals surface area contributed by atoms with Gasteiger partial charge in [-0.15, -0.1) is 12.4 Å². The fraction of sp³-hybridized carbons (Fsp3) is 0.357. The number of hydrogen-bond donors (Lipinski definition) is 2. The molecule has 0 spiro atoms. The van der Waals surface area contributed by atoms with Crippen molar-refractivity contribution < 1.29 is 4.74 Å². The number of nitrogens with zero attached hydrogens (tertiary/aromatic N) is 1. The number of ether oxygens (including phenoxy) is 1. The molecule has 0 bridgehead atoms. The molecule has 0 radical (unpaired) electrons. The van der Waals surface area contributed by atoms with Crippen LogP contribution >= 0.6 is 12.4 Å².